The molecule has 0 bridgehead atoms. The maximum absolute atomic E-state index is 15.4. The number of benzene rings is 4. The van der Waals surface area contributed by atoms with Crippen molar-refractivity contribution in [2.24, 2.45) is 0 Å². The third-order valence-corrected chi connectivity index (χ3v) is 7.25. The molecule has 4 rings (SSSR count). The van der Waals surface area contributed by atoms with Gasteiger partial charge < -0.3 is 37.9 Å². The molecule has 0 aromatic heterocycles. The summed E-state index contributed by atoms with van der Waals surface area (Å²) in [7, 11) is 0. The van der Waals surface area contributed by atoms with Crippen LogP contribution in [-0.2, 0) is 57.1 Å². The zero-order chi connectivity index (χ0) is 26.1. The van der Waals surface area contributed by atoms with Gasteiger partial charge in [0.1, 0.15) is 17.5 Å². The van der Waals surface area contributed by atoms with Crippen molar-refractivity contribution in [3.8, 4) is 33.4 Å². The van der Waals surface area contributed by atoms with Crippen LogP contribution >= 0.6 is 0 Å². The second-order valence-corrected chi connectivity index (χ2v) is 9.96. The Balaban J connectivity index is 2.32. The van der Waals surface area contributed by atoms with E-state index in [0.29, 0.717) is 67.3 Å². The summed E-state index contributed by atoms with van der Waals surface area (Å²) >= 11 is 16.1. The molecule has 6 heteroatoms. The van der Waals surface area contributed by atoms with E-state index in [0.717, 1.165) is 16.7 Å². The molecule has 4 aromatic carbocycles. The highest BCUT2D eigenvalue weighted by atomic mass is 32.1. The zero-order valence-corrected chi connectivity index (χ0v) is 22.6. The maximum Gasteiger partial charge on any atom is 0.130 e. The Kier molecular flexibility index (Phi) is 7.88. The lowest BCUT2D eigenvalue weighted by atomic mass is 9.77. The van der Waals surface area contributed by atoms with Gasteiger partial charge in [-0.3, -0.25) is 0 Å². The van der Waals surface area contributed by atoms with Gasteiger partial charge in [0.25, 0.3) is 0 Å². The highest BCUT2D eigenvalue weighted by molar-refractivity contribution is 7.59. The van der Waals surface area contributed by atoms with Gasteiger partial charge in [-0.2, -0.15) is 14.7 Å². The van der Waals surface area contributed by atoms with Gasteiger partial charge in [0.2, 0.25) is 0 Å². The molecule has 0 saturated heterocycles. The Bertz CT molecular complexity index is 1260. The summed E-state index contributed by atoms with van der Waals surface area (Å²) in [4.78, 5) is 1.45. The molecule has 36 heavy (non-hydrogen) atoms. The fraction of sp³-hybridized carbons (Fsp3) is 0.200. The number of rotatable bonds is 6. The van der Waals surface area contributed by atoms with Crippen molar-refractivity contribution in [1.29, 1.82) is 0 Å². The second kappa shape index (κ2) is 10.8. The van der Waals surface area contributed by atoms with E-state index in [-0.39, 0.29) is 0 Å². The summed E-state index contributed by atoms with van der Waals surface area (Å²) in [5.74, 6) is -1.32. The Morgan fingerprint density at radius 1 is 0.472 bits per heavy atom. The topological polar surface area (TPSA) is 0 Å². The fourth-order valence-electron chi connectivity index (χ4n) is 5.05. The molecule has 186 valence electrons. The summed E-state index contributed by atoms with van der Waals surface area (Å²) in [5.41, 5.74) is 5.17. The van der Waals surface area contributed by atoms with Crippen LogP contribution in [0.25, 0.3) is 33.4 Å². The Hall–Kier alpha value is -2.67. The van der Waals surface area contributed by atoms with Crippen LogP contribution in [0.5, 0.6) is 0 Å². The van der Waals surface area contributed by atoms with Crippen LogP contribution in [0.3, 0.4) is 0 Å². The van der Waals surface area contributed by atoms with E-state index < -0.39 is 17.5 Å². The van der Waals surface area contributed by atoms with Gasteiger partial charge in [0.15, 0.2) is 0 Å². The summed E-state index contributed by atoms with van der Waals surface area (Å²) < 4.78 is 46.2. The number of halogens is 3. The average Bonchev–Trinajstić information content (AvgIpc) is 2.86. The predicted molar refractivity (Wildman–Crippen MR) is 148 cm³/mol. The second-order valence-electron chi connectivity index (χ2n) is 8.55. The average molecular weight is 538 g/mol. The van der Waals surface area contributed by atoms with Gasteiger partial charge in [-0.1, -0.05) is 57.2 Å². The van der Waals surface area contributed by atoms with Crippen molar-refractivity contribution in [2.45, 2.75) is 54.7 Å². The molecule has 0 aliphatic heterocycles. The van der Waals surface area contributed by atoms with Crippen molar-refractivity contribution >= 4 is 37.9 Å². The first-order chi connectivity index (χ1) is 17.2. The summed E-state index contributed by atoms with van der Waals surface area (Å²) in [6, 6.07) is 13.5. The molecule has 0 saturated carbocycles. The SMILES string of the molecule is CCc1c(-c2cc([S-])ccc2F)c(CC)c(-c2cc([S-])ccc2F)c(CC)c1-c1cc([S-])ccc1F. The minimum absolute atomic E-state index is 0.325. The van der Waals surface area contributed by atoms with Crippen molar-refractivity contribution in [2.75, 3.05) is 0 Å². The largest absolute Gasteiger partial charge is 0.780 e. The Morgan fingerprint density at radius 3 is 0.944 bits per heavy atom. The quantitative estimate of drug-likeness (QED) is 0.226. The molecule has 0 unspecified atom stereocenters. The van der Waals surface area contributed by atoms with Gasteiger partial charge in [-0.25, -0.2) is 13.2 Å². The first-order valence-electron chi connectivity index (χ1n) is 11.8. The lowest BCUT2D eigenvalue weighted by Crippen LogP contribution is -2.09. The molecule has 0 fully saturated rings. The third kappa shape index (κ3) is 4.70. The molecule has 0 aliphatic rings. The monoisotopic (exact) mass is 537 g/mol. The standard InChI is InChI=1S/C30H27F3S3/c1-4-19-28(22-13-16(34)7-10-25(22)31)20(5-2)30(24-15-18(36)9-12-27(24)33)21(6-3)29(19)23-14-17(35)8-11-26(23)32/h7-15,34-36H,4-6H2,1-3H3/p-3. The molecule has 0 aliphatic carbocycles. The van der Waals surface area contributed by atoms with Crippen molar-refractivity contribution < 1.29 is 13.2 Å². The molecule has 0 nitrogen and oxygen atoms in total. The molecule has 0 atom stereocenters. The fourth-order valence-corrected chi connectivity index (χ4v) is 5.60. The van der Waals surface area contributed by atoms with Crippen LogP contribution in [0, 0.1) is 17.5 Å². The van der Waals surface area contributed by atoms with Crippen molar-refractivity contribution in [3.05, 3.63) is 88.7 Å². The predicted octanol–water partition coefficient (Wildman–Crippen LogP) is 8.51. The van der Waals surface area contributed by atoms with E-state index in [9.17, 15) is 0 Å². The minimum Gasteiger partial charge on any atom is -0.780 e. The van der Waals surface area contributed by atoms with Gasteiger partial charge in [-0.15, -0.1) is 0 Å². The molecule has 0 N–H and O–H groups in total. The van der Waals surface area contributed by atoms with Crippen LogP contribution in [0.4, 0.5) is 13.2 Å². The van der Waals surface area contributed by atoms with E-state index in [2.05, 4.69) is 0 Å². The van der Waals surface area contributed by atoms with Crippen LogP contribution < -0.4 is 0 Å². The van der Waals surface area contributed by atoms with E-state index in [4.69, 9.17) is 37.9 Å². The number of hydrogen-bond acceptors (Lipinski definition) is 3. The van der Waals surface area contributed by atoms with E-state index in [1.165, 1.54) is 36.4 Å². The van der Waals surface area contributed by atoms with Crippen molar-refractivity contribution in [3.63, 3.8) is 0 Å². The lowest BCUT2D eigenvalue weighted by Gasteiger charge is -2.28. The first kappa shape index (κ1) is 26.4. The van der Waals surface area contributed by atoms with E-state index in [1.54, 1.807) is 18.2 Å². The summed E-state index contributed by atoms with van der Waals surface area (Å²) in [6.45, 7) is 5.86. The van der Waals surface area contributed by atoms with Crippen LogP contribution in [0.15, 0.2) is 69.3 Å². The Labute approximate surface area is 227 Å². The van der Waals surface area contributed by atoms with Gasteiger partial charge in [0, 0.05) is 16.7 Å². The molecule has 4 aromatic rings. The smallest absolute Gasteiger partial charge is 0.130 e. The van der Waals surface area contributed by atoms with E-state index in [1.807, 2.05) is 20.8 Å². The van der Waals surface area contributed by atoms with Gasteiger partial charge in [0.05, 0.1) is 0 Å². The third-order valence-electron chi connectivity index (χ3n) is 6.49. The Morgan fingerprint density at radius 2 is 0.722 bits per heavy atom. The maximum atomic E-state index is 15.4. The zero-order valence-electron chi connectivity index (χ0n) is 20.2. The summed E-state index contributed by atoms with van der Waals surface area (Å²) in [5, 5.41) is 0. The molecule has 0 heterocycles. The summed E-state index contributed by atoms with van der Waals surface area (Å²) in [6.07, 6.45) is 1.49. The highest BCUT2D eigenvalue weighted by Gasteiger charge is 2.27. The number of hydrogen-bond donors (Lipinski definition) is 0. The molecule has 0 amide bonds. The molecular weight excluding hydrogens is 514 g/mol. The van der Waals surface area contributed by atoms with Crippen LogP contribution in [-0.4, -0.2) is 0 Å². The first-order valence-corrected chi connectivity index (χ1v) is 13.1. The van der Waals surface area contributed by atoms with Crippen molar-refractivity contribution in [1.82, 2.24) is 0 Å². The molecular formula is C30H24F3S3-3. The van der Waals surface area contributed by atoms with Gasteiger partial charge in [-0.05, 0) is 70.8 Å². The van der Waals surface area contributed by atoms with Crippen LogP contribution in [0.1, 0.15) is 37.5 Å². The normalized spacial score (nSPS) is 11.2. The minimum atomic E-state index is -0.441. The lowest BCUT2D eigenvalue weighted by molar-refractivity contribution is 0.628. The molecule has 0 radical (unpaired) electrons. The molecule has 0 spiro atoms. The van der Waals surface area contributed by atoms with Crippen LogP contribution in [0.2, 0.25) is 0 Å². The van der Waals surface area contributed by atoms with E-state index >= 15 is 13.2 Å². The highest BCUT2D eigenvalue weighted by Crippen LogP contribution is 2.47. The van der Waals surface area contributed by atoms with Gasteiger partial charge >= 0.3 is 0 Å².